The van der Waals surface area contributed by atoms with Crippen molar-refractivity contribution in [2.45, 2.75) is 6.92 Å². The molecule has 0 amide bonds. The highest BCUT2D eigenvalue weighted by molar-refractivity contribution is 7.16. The van der Waals surface area contributed by atoms with Crippen molar-refractivity contribution in [3.05, 3.63) is 29.4 Å². The summed E-state index contributed by atoms with van der Waals surface area (Å²) < 4.78 is 0. The number of aryl methyl sites for hydroxylation is 1. The standard InChI is InChI=1S/C9H7N3O2S/c1-5-10-2-6(3-11-5)7-4-12-8(15-7)9(13)14/h2-4H,1H3,(H,13,14). The zero-order valence-corrected chi connectivity index (χ0v) is 8.65. The maximum atomic E-state index is 10.6. The molecular formula is C9H7N3O2S. The first-order valence-electron chi connectivity index (χ1n) is 4.15. The van der Waals surface area contributed by atoms with E-state index in [4.69, 9.17) is 5.11 Å². The van der Waals surface area contributed by atoms with E-state index in [1.807, 2.05) is 0 Å². The van der Waals surface area contributed by atoms with Gasteiger partial charge in [0.15, 0.2) is 0 Å². The molecule has 5 nitrogen and oxygen atoms in total. The van der Waals surface area contributed by atoms with Gasteiger partial charge < -0.3 is 5.11 Å². The summed E-state index contributed by atoms with van der Waals surface area (Å²) >= 11 is 1.11. The molecule has 2 heterocycles. The third-order valence-electron chi connectivity index (χ3n) is 1.75. The molecule has 0 spiro atoms. The molecule has 15 heavy (non-hydrogen) atoms. The number of carboxylic acids is 1. The molecule has 0 saturated heterocycles. The lowest BCUT2D eigenvalue weighted by molar-refractivity contribution is 0.0696. The first-order valence-corrected chi connectivity index (χ1v) is 4.96. The summed E-state index contributed by atoms with van der Waals surface area (Å²) in [4.78, 5) is 23.2. The topological polar surface area (TPSA) is 76.0 Å². The highest BCUT2D eigenvalue weighted by atomic mass is 32.1. The summed E-state index contributed by atoms with van der Waals surface area (Å²) in [7, 11) is 0. The number of nitrogens with zero attached hydrogens (tertiary/aromatic N) is 3. The second-order valence-corrected chi connectivity index (χ2v) is 3.88. The molecular weight excluding hydrogens is 214 g/mol. The van der Waals surface area contributed by atoms with Crippen molar-refractivity contribution in [3.63, 3.8) is 0 Å². The van der Waals surface area contributed by atoms with E-state index in [-0.39, 0.29) is 5.01 Å². The van der Waals surface area contributed by atoms with Crippen molar-refractivity contribution >= 4 is 17.3 Å². The van der Waals surface area contributed by atoms with Crippen LogP contribution in [0.2, 0.25) is 0 Å². The number of hydrogen-bond acceptors (Lipinski definition) is 5. The second kappa shape index (κ2) is 3.74. The van der Waals surface area contributed by atoms with Gasteiger partial charge in [-0.25, -0.2) is 19.7 Å². The molecule has 0 radical (unpaired) electrons. The SMILES string of the molecule is Cc1ncc(-c2cnc(C(=O)O)s2)cn1. The maximum Gasteiger partial charge on any atom is 0.365 e. The highest BCUT2D eigenvalue weighted by Gasteiger charge is 2.10. The van der Waals surface area contributed by atoms with Crippen LogP contribution in [0.3, 0.4) is 0 Å². The van der Waals surface area contributed by atoms with Crippen LogP contribution in [0.25, 0.3) is 10.4 Å². The van der Waals surface area contributed by atoms with Crippen molar-refractivity contribution < 1.29 is 9.90 Å². The summed E-state index contributed by atoms with van der Waals surface area (Å²) in [5.41, 5.74) is 0.783. The molecule has 0 atom stereocenters. The zero-order valence-electron chi connectivity index (χ0n) is 7.84. The smallest absolute Gasteiger partial charge is 0.365 e. The van der Waals surface area contributed by atoms with Gasteiger partial charge in [0.05, 0.1) is 4.88 Å². The molecule has 0 aliphatic rings. The molecule has 76 valence electrons. The number of hydrogen-bond donors (Lipinski definition) is 1. The van der Waals surface area contributed by atoms with E-state index in [1.54, 1.807) is 19.3 Å². The number of carboxylic acid groups (broad SMARTS) is 1. The number of carbonyl (C=O) groups is 1. The van der Waals surface area contributed by atoms with Gasteiger partial charge in [0.2, 0.25) is 5.01 Å². The molecule has 2 aromatic heterocycles. The Balaban J connectivity index is 2.37. The molecule has 0 aliphatic heterocycles. The minimum atomic E-state index is -1.01. The van der Waals surface area contributed by atoms with Gasteiger partial charge in [0.25, 0.3) is 0 Å². The minimum Gasteiger partial charge on any atom is -0.476 e. The van der Waals surface area contributed by atoms with Gasteiger partial charge in [-0.05, 0) is 6.92 Å². The lowest BCUT2D eigenvalue weighted by Crippen LogP contribution is -1.92. The van der Waals surface area contributed by atoms with Crippen LogP contribution in [0, 0.1) is 6.92 Å². The fraction of sp³-hybridized carbons (Fsp3) is 0.111. The van der Waals surface area contributed by atoms with Crippen LogP contribution in [-0.4, -0.2) is 26.0 Å². The fourth-order valence-electron chi connectivity index (χ4n) is 1.03. The fourth-order valence-corrected chi connectivity index (χ4v) is 1.76. The van der Waals surface area contributed by atoms with Crippen LogP contribution < -0.4 is 0 Å². The summed E-state index contributed by atoms with van der Waals surface area (Å²) in [5, 5.41) is 8.78. The average molecular weight is 221 g/mol. The van der Waals surface area contributed by atoms with E-state index in [1.165, 1.54) is 6.20 Å². The van der Waals surface area contributed by atoms with Crippen molar-refractivity contribution in [2.75, 3.05) is 0 Å². The van der Waals surface area contributed by atoms with Gasteiger partial charge >= 0.3 is 5.97 Å². The third kappa shape index (κ3) is 1.99. The lowest BCUT2D eigenvalue weighted by Gasteiger charge is -1.94. The Morgan fingerprint density at radius 3 is 2.47 bits per heavy atom. The number of aromatic carboxylic acids is 1. The molecule has 0 bridgehead atoms. The average Bonchev–Trinajstić information content (AvgIpc) is 2.68. The maximum absolute atomic E-state index is 10.6. The molecule has 2 rings (SSSR count). The Kier molecular flexibility index (Phi) is 2.42. The van der Waals surface area contributed by atoms with Crippen molar-refractivity contribution in [3.8, 4) is 10.4 Å². The summed E-state index contributed by atoms with van der Waals surface area (Å²) in [6.45, 7) is 1.79. The summed E-state index contributed by atoms with van der Waals surface area (Å²) in [5.74, 6) is -0.332. The molecule has 0 aromatic carbocycles. The van der Waals surface area contributed by atoms with Gasteiger partial charge in [-0.1, -0.05) is 0 Å². The van der Waals surface area contributed by atoms with Crippen molar-refractivity contribution in [1.82, 2.24) is 15.0 Å². The number of rotatable bonds is 2. The number of thiazole rings is 1. The molecule has 0 aliphatic carbocycles. The Morgan fingerprint density at radius 2 is 1.93 bits per heavy atom. The van der Waals surface area contributed by atoms with Gasteiger partial charge in [-0.3, -0.25) is 0 Å². The van der Waals surface area contributed by atoms with E-state index in [0.717, 1.165) is 21.8 Å². The van der Waals surface area contributed by atoms with Crippen LogP contribution in [0.15, 0.2) is 18.6 Å². The first-order chi connectivity index (χ1) is 7.16. The quantitative estimate of drug-likeness (QED) is 0.833. The van der Waals surface area contributed by atoms with Crippen LogP contribution in [0.1, 0.15) is 15.6 Å². The third-order valence-corrected chi connectivity index (χ3v) is 2.79. The Labute approximate surface area is 89.5 Å². The number of aromatic nitrogens is 3. The normalized spacial score (nSPS) is 10.2. The molecule has 1 N–H and O–H groups in total. The molecule has 0 saturated carbocycles. The summed E-state index contributed by atoms with van der Waals surface area (Å²) in [6, 6.07) is 0. The van der Waals surface area contributed by atoms with E-state index in [9.17, 15) is 4.79 Å². The zero-order chi connectivity index (χ0) is 10.8. The van der Waals surface area contributed by atoms with E-state index >= 15 is 0 Å². The predicted molar refractivity (Wildman–Crippen MR) is 54.8 cm³/mol. The Morgan fingerprint density at radius 1 is 1.27 bits per heavy atom. The van der Waals surface area contributed by atoms with Crippen LogP contribution >= 0.6 is 11.3 Å². The van der Waals surface area contributed by atoms with Crippen molar-refractivity contribution in [2.24, 2.45) is 0 Å². The van der Waals surface area contributed by atoms with E-state index in [0.29, 0.717) is 5.82 Å². The van der Waals surface area contributed by atoms with Gasteiger partial charge in [0.1, 0.15) is 5.82 Å². The molecule has 0 unspecified atom stereocenters. The van der Waals surface area contributed by atoms with Crippen molar-refractivity contribution in [1.29, 1.82) is 0 Å². The van der Waals surface area contributed by atoms with Gasteiger partial charge in [-0.2, -0.15) is 0 Å². The first kappa shape index (κ1) is 9.72. The largest absolute Gasteiger partial charge is 0.476 e. The van der Waals surface area contributed by atoms with Crippen LogP contribution in [-0.2, 0) is 0 Å². The van der Waals surface area contributed by atoms with Crippen LogP contribution in [0.4, 0.5) is 0 Å². The Hall–Kier alpha value is -1.82. The summed E-state index contributed by atoms with van der Waals surface area (Å²) in [6.07, 6.45) is 4.82. The molecule has 6 heteroatoms. The second-order valence-electron chi connectivity index (χ2n) is 2.85. The lowest BCUT2D eigenvalue weighted by atomic mass is 10.3. The predicted octanol–water partition coefficient (Wildman–Crippen LogP) is 1.61. The van der Waals surface area contributed by atoms with Crippen LogP contribution in [0.5, 0.6) is 0 Å². The monoisotopic (exact) mass is 221 g/mol. The van der Waals surface area contributed by atoms with Gasteiger partial charge in [0, 0.05) is 24.2 Å². The highest BCUT2D eigenvalue weighted by Crippen LogP contribution is 2.24. The molecule has 2 aromatic rings. The van der Waals surface area contributed by atoms with Gasteiger partial charge in [-0.15, -0.1) is 11.3 Å². The van der Waals surface area contributed by atoms with E-state index in [2.05, 4.69) is 15.0 Å². The molecule has 0 fully saturated rings. The minimum absolute atomic E-state index is 0.0746. The Bertz CT molecular complexity index is 492. The van der Waals surface area contributed by atoms with E-state index < -0.39 is 5.97 Å².